The largest absolute Gasteiger partial charge is 0.353 e. The first kappa shape index (κ1) is 17.5. The fraction of sp³-hybridized carbons (Fsp3) is 0.368. The highest BCUT2D eigenvalue weighted by Gasteiger charge is 2.37. The number of piperazine rings is 1. The molecule has 136 valence electrons. The molecule has 6 nitrogen and oxygen atoms in total. The van der Waals surface area contributed by atoms with E-state index in [1.807, 2.05) is 41.4 Å². The number of rotatable bonds is 3. The molecule has 1 amide bonds. The summed E-state index contributed by atoms with van der Waals surface area (Å²) in [6.45, 7) is 3.75. The maximum Gasteiger partial charge on any atom is 0.229 e. The highest BCUT2D eigenvalue weighted by molar-refractivity contribution is 9.10. The number of anilines is 1. The Labute approximate surface area is 161 Å². The zero-order chi connectivity index (χ0) is 17.9. The third-order valence-electron chi connectivity index (χ3n) is 5.07. The first-order valence-electron chi connectivity index (χ1n) is 8.91. The van der Waals surface area contributed by atoms with E-state index in [1.54, 1.807) is 0 Å². The van der Waals surface area contributed by atoms with Crippen LogP contribution in [-0.4, -0.2) is 48.5 Å². The zero-order valence-corrected chi connectivity index (χ0v) is 16.0. The molecule has 2 N–H and O–H groups in total. The number of pyridine rings is 1. The topological polar surface area (TPSA) is 60.5 Å². The van der Waals surface area contributed by atoms with Gasteiger partial charge in [0.05, 0.1) is 12.0 Å². The van der Waals surface area contributed by atoms with Crippen molar-refractivity contribution < 1.29 is 4.79 Å². The van der Waals surface area contributed by atoms with Crippen molar-refractivity contribution in [1.29, 1.82) is 0 Å². The van der Waals surface area contributed by atoms with E-state index < -0.39 is 0 Å². The number of hydrazine groups is 1. The van der Waals surface area contributed by atoms with Crippen molar-refractivity contribution in [3.63, 3.8) is 0 Å². The molecule has 2 aliphatic heterocycles. The van der Waals surface area contributed by atoms with Crippen molar-refractivity contribution >= 4 is 27.7 Å². The molecule has 7 heteroatoms. The standard InChI is InChI=1S/C19H22BrN5O/c20-15-5-3-4-14(12-15)18-16(13-22-23-18)19(26)25-10-8-24(9-11-25)17-6-1-2-7-21-17/h1-7,12,16,18,22-23H,8-11,13H2. The van der Waals surface area contributed by atoms with Crippen LogP contribution >= 0.6 is 15.9 Å². The number of hydrogen-bond acceptors (Lipinski definition) is 5. The molecule has 2 fully saturated rings. The molecule has 0 bridgehead atoms. The average molecular weight is 416 g/mol. The lowest BCUT2D eigenvalue weighted by Crippen LogP contribution is -2.51. The van der Waals surface area contributed by atoms with Gasteiger partial charge in [0.25, 0.3) is 0 Å². The second kappa shape index (κ2) is 7.73. The van der Waals surface area contributed by atoms with E-state index in [1.165, 1.54) is 0 Å². The Bertz CT molecular complexity index is 764. The van der Waals surface area contributed by atoms with Gasteiger partial charge in [-0.05, 0) is 29.8 Å². The third kappa shape index (κ3) is 3.60. The fourth-order valence-electron chi connectivity index (χ4n) is 3.67. The van der Waals surface area contributed by atoms with Gasteiger partial charge in [-0.1, -0.05) is 34.1 Å². The van der Waals surface area contributed by atoms with Gasteiger partial charge in [-0.15, -0.1) is 0 Å². The molecule has 2 saturated heterocycles. The second-order valence-corrected chi connectivity index (χ2v) is 7.58. The Hall–Kier alpha value is -1.96. The number of amides is 1. The van der Waals surface area contributed by atoms with E-state index in [0.717, 1.165) is 42.0 Å². The molecule has 1 aromatic carbocycles. The molecule has 2 unspecified atom stereocenters. The molecule has 1 aromatic heterocycles. The van der Waals surface area contributed by atoms with Gasteiger partial charge in [0.2, 0.25) is 5.91 Å². The summed E-state index contributed by atoms with van der Waals surface area (Å²) >= 11 is 3.52. The first-order chi connectivity index (χ1) is 12.7. The van der Waals surface area contributed by atoms with Crippen LogP contribution in [0.4, 0.5) is 5.82 Å². The lowest BCUT2D eigenvalue weighted by molar-refractivity contribution is -0.135. The van der Waals surface area contributed by atoms with Gasteiger partial charge >= 0.3 is 0 Å². The van der Waals surface area contributed by atoms with Crippen molar-refractivity contribution in [2.45, 2.75) is 6.04 Å². The van der Waals surface area contributed by atoms with E-state index in [0.29, 0.717) is 6.54 Å². The lowest BCUT2D eigenvalue weighted by Gasteiger charge is -2.37. The number of hydrogen-bond donors (Lipinski definition) is 2. The summed E-state index contributed by atoms with van der Waals surface area (Å²) in [4.78, 5) is 21.7. The molecule has 2 aliphatic rings. The summed E-state index contributed by atoms with van der Waals surface area (Å²) in [5.41, 5.74) is 7.55. The number of carbonyl (C=O) groups excluding carboxylic acids is 1. The first-order valence-corrected chi connectivity index (χ1v) is 9.70. The maximum absolute atomic E-state index is 13.1. The van der Waals surface area contributed by atoms with Gasteiger partial charge in [-0.2, -0.15) is 0 Å². The summed E-state index contributed by atoms with van der Waals surface area (Å²) in [5, 5.41) is 0. The number of nitrogens with one attached hydrogen (secondary N) is 2. The van der Waals surface area contributed by atoms with E-state index in [-0.39, 0.29) is 17.9 Å². The van der Waals surface area contributed by atoms with Crippen LogP contribution in [0.15, 0.2) is 53.1 Å². The van der Waals surface area contributed by atoms with Gasteiger partial charge in [0.15, 0.2) is 0 Å². The SMILES string of the molecule is O=C(C1CNNC1c1cccc(Br)c1)N1CCN(c2ccccn2)CC1. The van der Waals surface area contributed by atoms with Crippen molar-refractivity contribution in [3.05, 3.63) is 58.7 Å². The Balaban J connectivity index is 1.41. The molecule has 4 rings (SSSR count). The van der Waals surface area contributed by atoms with E-state index in [9.17, 15) is 4.79 Å². The van der Waals surface area contributed by atoms with Crippen LogP contribution in [0.5, 0.6) is 0 Å². The molecule has 0 radical (unpaired) electrons. The minimum Gasteiger partial charge on any atom is -0.353 e. The van der Waals surface area contributed by atoms with Crippen LogP contribution in [0.25, 0.3) is 0 Å². The summed E-state index contributed by atoms with van der Waals surface area (Å²) in [6, 6.07) is 14.1. The van der Waals surface area contributed by atoms with Gasteiger partial charge in [-0.3, -0.25) is 10.2 Å². The second-order valence-electron chi connectivity index (χ2n) is 6.66. The van der Waals surface area contributed by atoms with E-state index >= 15 is 0 Å². The van der Waals surface area contributed by atoms with Crippen LogP contribution in [0, 0.1) is 5.92 Å². The van der Waals surface area contributed by atoms with Crippen LogP contribution in [0.1, 0.15) is 11.6 Å². The Morgan fingerprint density at radius 3 is 2.69 bits per heavy atom. The molecule has 0 aliphatic carbocycles. The minimum absolute atomic E-state index is 0.00572. The Morgan fingerprint density at radius 1 is 1.12 bits per heavy atom. The number of benzene rings is 1. The Kier molecular flexibility index (Phi) is 5.19. The molecule has 3 heterocycles. The van der Waals surface area contributed by atoms with E-state index in [2.05, 4.69) is 48.8 Å². The van der Waals surface area contributed by atoms with Crippen molar-refractivity contribution in [2.24, 2.45) is 5.92 Å². The highest BCUT2D eigenvalue weighted by Crippen LogP contribution is 2.28. The van der Waals surface area contributed by atoms with Crippen molar-refractivity contribution in [3.8, 4) is 0 Å². The van der Waals surface area contributed by atoms with Crippen LogP contribution < -0.4 is 15.8 Å². The molecule has 2 aromatic rings. The van der Waals surface area contributed by atoms with Gasteiger partial charge in [0.1, 0.15) is 5.82 Å². The zero-order valence-electron chi connectivity index (χ0n) is 14.4. The number of carbonyl (C=O) groups is 1. The normalized spacial score (nSPS) is 23.3. The summed E-state index contributed by atoms with van der Waals surface area (Å²) in [7, 11) is 0. The quantitative estimate of drug-likeness (QED) is 0.801. The highest BCUT2D eigenvalue weighted by atomic mass is 79.9. The van der Waals surface area contributed by atoms with Crippen molar-refractivity contribution in [1.82, 2.24) is 20.7 Å². The predicted octanol–water partition coefficient (Wildman–Crippen LogP) is 1.96. The van der Waals surface area contributed by atoms with E-state index in [4.69, 9.17) is 0 Å². The fourth-order valence-corrected chi connectivity index (χ4v) is 4.09. The van der Waals surface area contributed by atoms with Gasteiger partial charge in [-0.25, -0.2) is 10.4 Å². The number of aromatic nitrogens is 1. The number of halogens is 1. The molecule has 2 atom stereocenters. The summed E-state index contributed by atoms with van der Waals surface area (Å²) in [5.74, 6) is 1.11. The third-order valence-corrected chi connectivity index (χ3v) is 5.56. The molecule has 0 spiro atoms. The maximum atomic E-state index is 13.1. The van der Waals surface area contributed by atoms with Crippen LogP contribution in [0.3, 0.4) is 0 Å². The van der Waals surface area contributed by atoms with Gasteiger partial charge in [0, 0.05) is 43.4 Å². The molecular formula is C19H22BrN5O. The molecule has 26 heavy (non-hydrogen) atoms. The Morgan fingerprint density at radius 2 is 1.96 bits per heavy atom. The average Bonchev–Trinajstić information content (AvgIpc) is 3.18. The minimum atomic E-state index is -0.0919. The predicted molar refractivity (Wildman–Crippen MR) is 105 cm³/mol. The lowest BCUT2D eigenvalue weighted by atomic mass is 9.93. The van der Waals surface area contributed by atoms with Crippen LogP contribution in [-0.2, 0) is 4.79 Å². The summed E-state index contributed by atoms with van der Waals surface area (Å²) < 4.78 is 1.03. The van der Waals surface area contributed by atoms with Crippen molar-refractivity contribution in [2.75, 3.05) is 37.6 Å². The summed E-state index contributed by atoms with van der Waals surface area (Å²) in [6.07, 6.45) is 1.81. The van der Waals surface area contributed by atoms with Gasteiger partial charge < -0.3 is 9.80 Å². The smallest absolute Gasteiger partial charge is 0.229 e. The molecular weight excluding hydrogens is 394 g/mol. The number of nitrogens with zero attached hydrogens (tertiary/aromatic N) is 3. The van der Waals surface area contributed by atoms with Crippen LogP contribution in [0.2, 0.25) is 0 Å². The molecule has 0 saturated carbocycles. The monoisotopic (exact) mass is 415 g/mol.